The van der Waals surface area contributed by atoms with Crippen molar-refractivity contribution in [2.75, 3.05) is 4.31 Å². The van der Waals surface area contributed by atoms with Crippen LogP contribution in [0.15, 0.2) is 24.3 Å². The first-order valence-corrected chi connectivity index (χ1v) is 3.86. The molecule has 0 aromatic heterocycles. The van der Waals surface area contributed by atoms with E-state index in [2.05, 4.69) is 12.8 Å². The van der Waals surface area contributed by atoms with Gasteiger partial charge in [0.05, 0.1) is 5.69 Å². The van der Waals surface area contributed by atoms with Crippen LogP contribution in [0.4, 0.5) is 10.5 Å². The molecule has 0 saturated carbocycles. The Morgan fingerprint density at radius 2 is 2.25 bits per heavy atom. The molecule has 2 N–H and O–H groups in total. The molecule has 2 amide bonds. The zero-order valence-corrected chi connectivity index (χ0v) is 7.58. The van der Waals surface area contributed by atoms with Gasteiger partial charge in [-0.25, -0.2) is 9.10 Å². The van der Waals surface area contributed by atoms with Crippen LogP contribution in [0.3, 0.4) is 0 Å². The molecule has 0 spiro atoms. The largest absolute Gasteiger partial charge is 0.350 e. The average molecular weight is 182 g/mol. The summed E-state index contributed by atoms with van der Waals surface area (Å²) in [6.07, 6.45) is 0. The van der Waals surface area contributed by atoms with E-state index >= 15 is 0 Å². The van der Waals surface area contributed by atoms with Gasteiger partial charge >= 0.3 is 6.03 Å². The first kappa shape index (κ1) is 8.93. The lowest BCUT2D eigenvalue weighted by molar-refractivity contribution is 0.257. The van der Waals surface area contributed by atoms with Gasteiger partial charge in [-0.3, -0.25) is 0 Å². The quantitative estimate of drug-likeness (QED) is 0.638. The normalized spacial score (nSPS) is 9.50. The van der Waals surface area contributed by atoms with Crippen LogP contribution < -0.4 is 10.0 Å². The zero-order valence-electron chi connectivity index (χ0n) is 6.69. The number of primary amides is 1. The third-order valence-corrected chi connectivity index (χ3v) is 1.88. The van der Waals surface area contributed by atoms with E-state index in [1.807, 2.05) is 25.1 Å². The van der Waals surface area contributed by atoms with Crippen LogP contribution >= 0.6 is 12.8 Å². The standard InChI is InChI=1S/C8H10N2OS/c1-6-3-2-4-7(5-6)10(12)8(9)11/h2-5,12H,1H3,(H2,9,11). The number of nitrogens with zero attached hydrogens (tertiary/aromatic N) is 1. The number of carbonyl (C=O) groups is 1. The Hall–Kier alpha value is -1.16. The van der Waals surface area contributed by atoms with Gasteiger partial charge < -0.3 is 5.73 Å². The lowest BCUT2D eigenvalue weighted by Crippen LogP contribution is -2.27. The molecule has 12 heavy (non-hydrogen) atoms. The predicted octanol–water partition coefficient (Wildman–Crippen LogP) is 1.72. The lowest BCUT2D eigenvalue weighted by Gasteiger charge is -2.12. The number of anilines is 1. The number of amides is 2. The molecule has 0 heterocycles. The minimum atomic E-state index is -0.580. The van der Waals surface area contributed by atoms with Crippen molar-refractivity contribution < 1.29 is 4.79 Å². The van der Waals surface area contributed by atoms with Gasteiger partial charge in [-0.2, -0.15) is 0 Å². The third-order valence-electron chi connectivity index (χ3n) is 1.45. The highest BCUT2D eigenvalue weighted by atomic mass is 32.1. The molecule has 0 saturated heterocycles. The Labute approximate surface area is 76.7 Å². The van der Waals surface area contributed by atoms with Crippen molar-refractivity contribution in [2.24, 2.45) is 5.73 Å². The van der Waals surface area contributed by atoms with Gasteiger partial charge in [0.25, 0.3) is 0 Å². The van der Waals surface area contributed by atoms with E-state index < -0.39 is 6.03 Å². The van der Waals surface area contributed by atoms with Gasteiger partial charge in [0.1, 0.15) is 0 Å². The van der Waals surface area contributed by atoms with Gasteiger partial charge in [0.2, 0.25) is 0 Å². The smallest absolute Gasteiger partial charge is 0.329 e. The molecule has 1 rings (SSSR count). The van der Waals surface area contributed by atoms with Crippen molar-refractivity contribution in [1.29, 1.82) is 0 Å². The van der Waals surface area contributed by atoms with Crippen molar-refractivity contribution >= 4 is 24.5 Å². The number of hydrogen-bond acceptors (Lipinski definition) is 2. The Balaban J connectivity index is 2.95. The number of hydrogen-bond donors (Lipinski definition) is 2. The van der Waals surface area contributed by atoms with Gasteiger partial charge in [-0.15, -0.1) is 0 Å². The number of carbonyl (C=O) groups excluding carboxylic acids is 1. The van der Waals surface area contributed by atoms with Crippen molar-refractivity contribution in [3.63, 3.8) is 0 Å². The van der Waals surface area contributed by atoms with Gasteiger partial charge in [-0.05, 0) is 24.6 Å². The van der Waals surface area contributed by atoms with Crippen LogP contribution in [0, 0.1) is 6.92 Å². The summed E-state index contributed by atoms with van der Waals surface area (Å²) in [6.45, 7) is 1.94. The van der Waals surface area contributed by atoms with E-state index in [0.29, 0.717) is 5.69 Å². The van der Waals surface area contributed by atoms with E-state index in [9.17, 15) is 4.79 Å². The number of nitrogens with two attached hydrogens (primary N) is 1. The topological polar surface area (TPSA) is 46.3 Å². The molecule has 0 radical (unpaired) electrons. The number of rotatable bonds is 1. The summed E-state index contributed by atoms with van der Waals surface area (Å²) in [5.41, 5.74) is 6.78. The van der Waals surface area contributed by atoms with E-state index in [4.69, 9.17) is 5.73 Å². The van der Waals surface area contributed by atoms with E-state index in [-0.39, 0.29) is 0 Å². The Morgan fingerprint density at radius 1 is 1.58 bits per heavy atom. The maximum atomic E-state index is 10.7. The molecular weight excluding hydrogens is 172 g/mol. The molecule has 3 nitrogen and oxygen atoms in total. The second-order valence-corrected chi connectivity index (χ2v) is 2.89. The molecule has 0 aliphatic carbocycles. The third kappa shape index (κ3) is 1.92. The minimum absolute atomic E-state index is 0.580. The second-order valence-electron chi connectivity index (χ2n) is 2.49. The van der Waals surface area contributed by atoms with E-state index in [0.717, 1.165) is 9.87 Å². The average Bonchev–Trinajstić information content (AvgIpc) is 2.03. The van der Waals surface area contributed by atoms with Crippen LogP contribution in [0.2, 0.25) is 0 Å². The molecule has 0 unspecified atom stereocenters. The predicted molar refractivity (Wildman–Crippen MR) is 52.2 cm³/mol. The summed E-state index contributed by atoms with van der Waals surface area (Å²) >= 11 is 3.92. The highest BCUT2D eigenvalue weighted by Crippen LogP contribution is 2.16. The van der Waals surface area contributed by atoms with Crippen LogP contribution in [0.25, 0.3) is 0 Å². The molecule has 0 fully saturated rings. The minimum Gasteiger partial charge on any atom is -0.350 e. The monoisotopic (exact) mass is 182 g/mol. The first-order chi connectivity index (χ1) is 5.61. The molecule has 0 aliphatic heterocycles. The van der Waals surface area contributed by atoms with E-state index in [1.165, 1.54) is 0 Å². The van der Waals surface area contributed by atoms with Gasteiger partial charge in [0, 0.05) is 0 Å². The molecule has 0 bridgehead atoms. The fourth-order valence-electron chi connectivity index (χ4n) is 0.887. The summed E-state index contributed by atoms with van der Waals surface area (Å²) in [7, 11) is 0. The van der Waals surface area contributed by atoms with Gasteiger partial charge in [0.15, 0.2) is 0 Å². The van der Waals surface area contributed by atoms with Crippen molar-refractivity contribution in [2.45, 2.75) is 6.92 Å². The maximum Gasteiger partial charge on any atom is 0.329 e. The summed E-state index contributed by atoms with van der Waals surface area (Å²) in [5.74, 6) is 0. The molecule has 0 aliphatic rings. The van der Waals surface area contributed by atoms with Crippen molar-refractivity contribution in [3.8, 4) is 0 Å². The molecule has 1 aromatic carbocycles. The Bertz CT molecular complexity index is 301. The number of urea groups is 1. The summed E-state index contributed by atoms with van der Waals surface area (Å²) < 4.78 is 1.10. The van der Waals surface area contributed by atoms with Crippen molar-refractivity contribution in [1.82, 2.24) is 0 Å². The number of aryl methyl sites for hydroxylation is 1. The Morgan fingerprint density at radius 3 is 2.75 bits per heavy atom. The first-order valence-electron chi connectivity index (χ1n) is 3.46. The highest BCUT2D eigenvalue weighted by molar-refractivity contribution is 7.82. The van der Waals surface area contributed by atoms with Crippen LogP contribution in [-0.4, -0.2) is 6.03 Å². The van der Waals surface area contributed by atoms with Crippen LogP contribution in [0.1, 0.15) is 5.56 Å². The summed E-state index contributed by atoms with van der Waals surface area (Å²) in [4.78, 5) is 10.7. The highest BCUT2D eigenvalue weighted by Gasteiger charge is 2.06. The second kappa shape index (κ2) is 3.49. The molecule has 1 aromatic rings. The SMILES string of the molecule is Cc1cccc(N(S)C(N)=O)c1. The van der Waals surface area contributed by atoms with Crippen LogP contribution in [0.5, 0.6) is 0 Å². The fourth-order valence-corrected chi connectivity index (χ4v) is 1.01. The zero-order chi connectivity index (χ0) is 9.14. The molecular formula is C8H10N2OS. The van der Waals surface area contributed by atoms with Gasteiger partial charge in [-0.1, -0.05) is 24.9 Å². The molecule has 64 valence electrons. The lowest BCUT2D eigenvalue weighted by atomic mass is 10.2. The summed E-state index contributed by atoms with van der Waals surface area (Å²) in [5, 5.41) is 0. The van der Waals surface area contributed by atoms with Crippen molar-refractivity contribution in [3.05, 3.63) is 29.8 Å². The number of benzene rings is 1. The maximum absolute atomic E-state index is 10.7. The summed E-state index contributed by atoms with van der Waals surface area (Å²) in [6, 6.07) is 6.80. The van der Waals surface area contributed by atoms with Crippen LogP contribution in [-0.2, 0) is 0 Å². The number of thiol groups is 1. The Kier molecular flexibility index (Phi) is 2.60. The molecule has 4 heteroatoms. The fraction of sp³-hybridized carbons (Fsp3) is 0.125. The molecule has 0 atom stereocenters. The van der Waals surface area contributed by atoms with E-state index in [1.54, 1.807) is 6.07 Å².